The molecule has 0 spiro atoms. The summed E-state index contributed by atoms with van der Waals surface area (Å²) >= 11 is 5.86. The van der Waals surface area contributed by atoms with E-state index in [1.54, 1.807) is 0 Å². The maximum Gasteiger partial charge on any atom is 0.335 e. The molecule has 1 fully saturated rings. The van der Waals surface area contributed by atoms with Crippen molar-refractivity contribution in [3.05, 3.63) is 28.8 Å². The number of hydrogen-bond acceptors (Lipinski definition) is 2. The number of carbonyl (C=O) groups is 2. The molecule has 0 atom stereocenters. The highest BCUT2D eigenvalue weighted by molar-refractivity contribution is 6.33. The molecule has 0 aliphatic heterocycles. The first-order valence-corrected chi connectivity index (χ1v) is 5.29. The van der Waals surface area contributed by atoms with Crippen LogP contribution in [0, 0.1) is 5.92 Å². The number of anilines is 1. The minimum Gasteiger partial charge on any atom is -0.478 e. The highest BCUT2D eigenvalue weighted by Gasteiger charge is 2.29. The van der Waals surface area contributed by atoms with Crippen LogP contribution in [-0.2, 0) is 4.79 Å². The molecular weight excluding hydrogens is 230 g/mol. The van der Waals surface area contributed by atoms with Crippen molar-refractivity contribution in [2.75, 3.05) is 5.32 Å². The second kappa shape index (κ2) is 4.14. The predicted molar refractivity (Wildman–Crippen MR) is 59.8 cm³/mol. The number of halogens is 1. The second-order valence-corrected chi connectivity index (χ2v) is 4.17. The Hall–Kier alpha value is -1.55. The van der Waals surface area contributed by atoms with Crippen molar-refractivity contribution in [3.63, 3.8) is 0 Å². The summed E-state index contributed by atoms with van der Waals surface area (Å²) < 4.78 is 0. The van der Waals surface area contributed by atoms with Crippen LogP contribution in [0.15, 0.2) is 18.2 Å². The van der Waals surface area contributed by atoms with Gasteiger partial charge in [0.05, 0.1) is 16.3 Å². The molecule has 1 amide bonds. The van der Waals surface area contributed by atoms with Gasteiger partial charge >= 0.3 is 5.97 Å². The highest BCUT2D eigenvalue weighted by Crippen LogP contribution is 2.31. The van der Waals surface area contributed by atoms with Gasteiger partial charge in [0, 0.05) is 5.92 Å². The summed E-state index contributed by atoms with van der Waals surface area (Å²) in [6.07, 6.45) is 1.78. The van der Waals surface area contributed by atoms with E-state index >= 15 is 0 Å². The molecule has 1 aliphatic rings. The lowest BCUT2D eigenvalue weighted by molar-refractivity contribution is -0.117. The summed E-state index contributed by atoms with van der Waals surface area (Å²) in [7, 11) is 0. The molecule has 0 unspecified atom stereocenters. The van der Waals surface area contributed by atoms with E-state index in [2.05, 4.69) is 5.32 Å². The van der Waals surface area contributed by atoms with E-state index in [1.165, 1.54) is 18.2 Å². The monoisotopic (exact) mass is 239 g/mol. The minimum absolute atomic E-state index is 0.0598. The average Bonchev–Trinajstić information content (AvgIpc) is 3.04. The van der Waals surface area contributed by atoms with Crippen molar-refractivity contribution in [1.29, 1.82) is 0 Å². The van der Waals surface area contributed by atoms with Gasteiger partial charge in [0.1, 0.15) is 0 Å². The molecule has 0 radical (unpaired) electrons. The third kappa shape index (κ3) is 2.33. The molecule has 4 nitrogen and oxygen atoms in total. The minimum atomic E-state index is -1.04. The lowest BCUT2D eigenvalue weighted by Crippen LogP contribution is -2.14. The molecule has 0 heterocycles. The second-order valence-electron chi connectivity index (χ2n) is 3.76. The highest BCUT2D eigenvalue weighted by atomic mass is 35.5. The Morgan fingerprint density at radius 3 is 2.62 bits per heavy atom. The molecular formula is C11H10ClNO3. The maximum absolute atomic E-state index is 11.5. The van der Waals surface area contributed by atoms with E-state index in [1.807, 2.05) is 0 Å². The molecule has 2 rings (SSSR count). The molecule has 84 valence electrons. The summed E-state index contributed by atoms with van der Waals surface area (Å²) in [4.78, 5) is 22.2. The van der Waals surface area contributed by atoms with Gasteiger partial charge in [-0.25, -0.2) is 4.79 Å². The van der Waals surface area contributed by atoms with E-state index in [0.717, 1.165) is 12.8 Å². The van der Waals surface area contributed by atoms with Crippen molar-refractivity contribution >= 4 is 29.2 Å². The summed E-state index contributed by atoms with van der Waals surface area (Å²) in [6.45, 7) is 0. The van der Waals surface area contributed by atoms with Crippen LogP contribution >= 0.6 is 11.6 Å². The Bertz CT molecular complexity index is 455. The SMILES string of the molecule is O=C(O)c1ccc(Cl)c(NC(=O)C2CC2)c1. The third-order valence-electron chi connectivity index (χ3n) is 2.42. The average molecular weight is 240 g/mol. The summed E-state index contributed by atoms with van der Waals surface area (Å²) in [5.74, 6) is -1.08. The maximum atomic E-state index is 11.5. The number of aromatic carboxylic acids is 1. The van der Waals surface area contributed by atoms with Crippen molar-refractivity contribution in [2.45, 2.75) is 12.8 Å². The Morgan fingerprint density at radius 1 is 1.38 bits per heavy atom. The first kappa shape index (κ1) is 11.0. The molecule has 16 heavy (non-hydrogen) atoms. The largest absolute Gasteiger partial charge is 0.478 e. The molecule has 1 saturated carbocycles. The van der Waals surface area contributed by atoms with Crippen LogP contribution < -0.4 is 5.32 Å². The number of nitrogens with one attached hydrogen (secondary N) is 1. The molecule has 1 aromatic rings. The normalized spacial score (nSPS) is 14.6. The van der Waals surface area contributed by atoms with Crippen LogP contribution in [0.4, 0.5) is 5.69 Å². The van der Waals surface area contributed by atoms with E-state index in [9.17, 15) is 9.59 Å². The number of carbonyl (C=O) groups excluding carboxylic acids is 1. The Morgan fingerprint density at radius 2 is 2.06 bits per heavy atom. The fraction of sp³-hybridized carbons (Fsp3) is 0.273. The zero-order valence-corrected chi connectivity index (χ0v) is 9.12. The lowest BCUT2D eigenvalue weighted by atomic mass is 10.2. The van der Waals surface area contributed by atoms with Gasteiger partial charge in [0.15, 0.2) is 0 Å². The Balaban J connectivity index is 2.20. The molecule has 2 N–H and O–H groups in total. The van der Waals surface area contributed by atoms with E-state index < -0.39 is 5.97 Å². The van der Waals surface area contributed by atoms with E-state index in [4.69, 9.17) is 16.7 Å². The van der Waals surface area contributed by atoms with Crippen LogP contribution in [0.1, 0.15) is 23.2 Å². The summed E-state index contributed by atoms with van der Waals surface area (Å²) in [5.41, 5.74) is 0.467. The smallest absolute Gasteiger partial charge is 0.335 e. The molecule has 1 aromatic carbocycles. The van der Waals surface area contributed by atoms with E-state index in [-0.39, 0.29) is 17.4 Å². The van der Waals surface area contributed by atoms with Gasteiger partial charge in [-0.3, -0.25) is 4.79 Å². The predicted octanol–water partition coefficient (Wildman–Crippen LogP) is 2.39. The van der Waals surface area contributed by atoms with Gasteiger partial charge in [-0.05, 0) is 31.0 Å². The van der Waals surface area contributed by atoms with Crippen LogP contribution in [-0.4, -0.2) is 17.0 Å². The van der Waals surface area contributed by atoms with Crippen LogP contribution in [0.2, 0.25) is 5.02 Å². The fourth-order valence-corrected chi connectivity index (χ4v) is 1.50. The van der Waals surface area contributed by atoms with Crippen LogP contribution in [0.3, 0.4) is 0 Å². The number of amides is 1. The van der Waals surface area contributed by atoms with Gasteiger partial charge in [-0.1, -0.05) is 11.6 Å². The zero-order chi connectivity index (χ0) is 11.7. The molecule has 5 heteroatoms. The molecule has 0 saturated heterocycles. The first-order valence-electron chi connectivity index (χ1n) is 4.91. The number of hydrogen-bond donors (Lipinski definition) is 2. The summed E-state index contributed by atoms with van der Waals surface area (Å²) in [6, 6.07) is 4.23. The molecule has 1 aliphatic carbocycles. The van der Waals surface area contributed by atoms with Crippen LogP contribution in [0.25, 0.3) is 0 Å². The topological polar surface area (TPSA) is 66.4 Å². The van der Waals surface area contributed by atoms with Crippen molar-refractivity contribution in [3.8, 4) is 0 Å². The van der Waals surface area contributed by atoms with Crippen LogP contribution in [0.5, 0.6) is 0 Å². The Kier molecular flexibility index (Phi) is 2.83. The molecule has 0 bridgehead atoms. The van der Waals surface area contributed by atoms with Gasteiger partial charge < -0.3 is 10.4 Å². The van der Waals surface area contributed by atoms with Gasteiger partial charge in [-0.2, -0.15) is 0 Å². The third-order valence-corrected chi connectivity index (χ3v) is 2.75. The lowest BCUT2D eigenvalue weighted by Gasteiger charge is -2.07. The zero-order valence-electron chi connectivity index (χ0n) is 8.37. The summed E-state index contributed by atoms with van der Waals surface area (Å²) in [5, 5.41) is 11.8. The number of benzene rings is 1. The quantitative estimate of drug-likeness (QED) is 0.851. The molecule has 0 aromatic heterocycles. The van der Waals surface area contributed by atoms with Gasteiger partial charge in [0.2, 0.25) is 5.91 Å². The van der Waals surface area contributed by atoms with Gasteiger partial charge in [-0.15, -0.1) is 0 Å². The number of carboxylic acids is 1. The van der Waals surface area contributed by atoms with Crippen molar-refractivity contribution in [1.82, 2.24) is 0 Å². The van der Waals surface area contributed by atoms with Crippen molar-refractivity contribution in [2.24, 2.45) is 5.92 Å². The van der Waals surface area contributed by atoms with E-state index in [0.29, 0.717) is 10.7 Å². The fourth-order valence-electron chi connectivity index (χ4n) is 1.33. The first-order chi connectivity index (χ1) is 7.58. The number of carboxylic acid groups (broad SMARTS) is 1. The standard InChI is InChI=1S/C11H10ClNO3/c12-8-4-3-7(11(15)16)5-9(8)13-10(14)6-1-2-6/h3-6H,1-2H2,(H,13,14)(H,15,16). The van der Waals surface area contributed by atoms with Gasteiger partial charge in [0.25, 0.3) is 0 Å². The Labute approximate surface area is 97.2 Å². The van der Waals surface area contributed by atoms with Crippen molar-refractivity contribution < 1.29 is 14.7 Å². The number of rotatable bonds is 3.